The molecule has 49 heavy (non-hydrogen) atoms. The second-order valence-electron chi connectivity index (χ2n) is 12.4. The zero-order valence-corrected chi connectivity index (χ0v) is 28.3. The van der Waals surface area contributed by atoms with E-state index in [-0.39, 0.29) is 26.2 Å². The summed E-state index contributed by atoms with van der Waals surface area (Å²) in [5.41, 5.74) is 7.36. The van der Waals surface area contributed by atoms with Crippen molar-refractivity contribution in [2.75, 3.05) is 39.0 Å². The maximum absolute atomic E-state index is 11.3. The van der Waals surface area contributed by atoms with E-state index in [1.807, 2.05) is 50.5 Å². The molecule has 0 atom stereocenters. The highest BCUT2D eigenvalue weighted by Crippen LogP contribution is 2.38. The van der Waals surface area contributed by atoms with Crippen molar-refractivity contribution in [3.63, 3.8) is 0 Å². The van der Waals surface area contributed by atoms with Gasteiger partial charge in [0.05, 0.1) is 13.2 Å². The number of rotatable bonds is 19. The second-order valence-corrected chi connectivity index (χ2v) is 12.4. The van der Waals surface area contributed by atoms with Crippen LogP contribution in [0.1, 0.15) is 56.1 Å². The van der Waals surface area contributed by atoms with E-state index in [2.05, 4.69) is 47.4 Å². The average molecular weight is 668 g/mol. The van der Waals surface area contributed by atoms with Crippen LogP contribution in [-0.2, 0) is 22.4 Å². The highest BCUT2D eigenvalue weighted by atomic mass is 16.7. The lowest BCUT2D eigenvalue weighted by molar-refractivity contribution is -0.138. The third-order valence-electron chi connectivity index (χ3n) is 8.55. The molecule has 2 N–H and O–H groups in total. The van der Waals surface area contributed by atoms with Crippen LogP contribution in [-0.4, -0.2) is 56.3 Å². The minimum absolute atomic E-state index is 0.0127. The zero-order valence-electron chi connectivity index (χ0n) is 28.3. The zero-order chi connectivity index (χ0) is 34.6. The normalized spacial score (nSPS) is 11.7. The molecule has 0 radical (unpaired) electrons. The minimum Gasteiger partial charge on any atom is -0.494 e. The van der Waals surface area contributed by atoms with Gasteiger partial charge in [-0.25, -0.2) is 0 Å². The number of benzene rings is 4. The number of fused-ring (bicyclic) bond motifs is 1. The van der Waals surface area contributed by atoms with Gasteiger partial charge in [0.1, 0.15) is 11.5 Å². The molecule has 0 amide bonds. The minimum atomic E-state index is -0.862. The van der Waals surface area contributed by atoms with Gasteiger partial charge in [0, 0.05) is 32.6 Å². The third-order valence-corrected chi connectivity index (χ3v) is 8.55. The van der Waals surface area contributed by atoms with E-state index < -0.39 is 11.9 Å². The summed E-state index contributed by atoms with van der Waals surface area (Å²) >= 11 is 0. The Kier molecular flexibility index (Phi) is 12.4. The van der Waals surface area contributed by atoms with Gasteiger partial charge in [-0.05, 0) is 114 Å². The van der Waals surface area contributed by atoms with Crippen molar-refractivity contribution in [3.8, 4) is 45.3 Å². The fraction of sp³-hybridized carbons (Fsp3) is 0.350. The first-order chi connectivity index (χ1) is 23.8. The van der Waals surface area contributed by atoms with Crippen molar-refractivity contribution in [3.05, 3.63) is 90.0 Å². The van der Waals surface area contributed by atoms with Gasteiger partial charge in [-0.3, -0.25) is 9.59 Å². The van der Waals surface area contributed by atoms with Gasteiger partial charge in [-0.15, -0.1) is 0 Å². The van der Waals surface area contributed by atoms with E-state index in [0.717, 1.165) is 88.4 Å². The van der Waals surface area contributed by atoms with Crippen LogP contribution >= 0.6 is 0 Å². The van der Waals surface area contributed by atoms with Crippen molar-refractivity contribution in [1.29, 1.82) is 0 Å². The Labute approximate surface area is 288 Å². The van der Waals surface area contributed by atoms with Gasteiger partial charge in [0.15, 0.2) is 11.5 Å². The van der Waals surface area contributed by atoms with Crippen LogP contribution in [0.3, 0.4) is 0 Å². The lowest BCUT2D eigenvalue weighted by Gasteiger charge is -2.16. The molecule has 0 saturated carbocycles. The molecule has 9 nitrogen and oxygen atoms in total. The monoisotopic (exact) mass is 667 g/mol. The van der Waals surface area contributed by atoms with Crippen LogP contribution in [0.2, 0.25) is 0 Å². The van der Waals surface area contributed by atoms with Gasteiger partial charge in [-0.2, -0.15) is 0 Å². The number of aryl methyl sites for hydroxylation is 1. The molecule has 0 spiro atoms. The van der Waals surface area contributed by atoms with Gasteiger partial charge in [0.2, 0.25) is 6.79 Å². The Bertz CT molecular complexity index is 1720. The molecule has 1 aliphatic rings. The van der Waals surface area contributed by atoms with E-state index >= 15 is 0 Å². The molecule has 4 aromatic carbocycles. The maximum Gasteiger partial charge on any atom is 0.303 e. The predicted octanol–water partition coefficient (Wildman–Crippen LogP) is 8.26. The Hall–Kier alpha value is -5.18. The van der Waals surface area contributed by atoms with Gasteiger partial charge >= 0.3 is 11.9 Å². The van der Waals surface area contributed by atoms with Crippen molar-refractivity contribution >= 4 is 17.6 Å². The molecule has 9 heteroatoms. The lowest BCUT2D eigenvalue weighted by atomic mass is 9.97. The van der Waals surface area contributed by atoms with E-state index in [1.54, 1.807) is 0 Å². The number of carboxylic acids is 2. The molecule has 4 aromatic rings. The summed E-state index contributed by atoms with van der Waals surface area (Å²) < 4.78 is 23.4. The Morgan fingerprint density at radius 3 is 2.12 bits per heavy atom. The standard InChI is InChI=1S/C40H45NO8/c1-41(2)33-16-13-28(14-17-33)31-23-32(30-15-19-37-38(26-30)49-27-48-37)25-34(24-31)46-21-6-4-3-5-9-29-10-7-11-36(35(29)18-20-40(44)45)47-22-8-12-39(42)43/h7,10-11,13-17,19,23-26H,3-6,8-9,12,18,20-22,27H2,1-2H3,(H,42,43)(H,44,45). The average Bonchev–Trinajstić information content (AvgIpc) is 3.57. The van der Waals surface area contributed by atoms with Crippen LogP contribution in [0, 0.1) is 0 Å². The first-order valence-corrected chi connectivity index (χ1v) is 16.9. The van der Waals surface area contributed by atoms with Crippen LogP contribution in [0.4, 0.5) is 5.69 Å². The molecule has 1 heterocycles. The predicted molar refractivity (Wildman–Crippen MR) is 190 cm³/mol. The van der Waals surface area contributed by atoms with Crippen molar-refractivity contribution in [2.24, 2.45) is 0 Å². The number of hydrogen-bond acceptors (Lipinski definition) is 7. The van der Waals surface area contributed by atoms with Gasteiger partial charge in [-0.1, -0.05) is 43.2 Å². The fourth-order valence-electron chi connectivity index (χ4n) is 5.91. The van der Waals surface area contributed by atoms with Crippen LogP contribution in [0.5, 0.6) is 23.0 Å². The van der Waals surface area contributed by atoms with Crippen molar-refractivity contribution < 1.29 is 38.7 Å². The number of carboxylic acid groups (broad SMARTS) is 2. The summed E-state index contributed by atoms with van der Waals surface area (Å²) in [5, 5.41) is 18.2. The summed E-state index contributed by atoms with van der Waals surface area (Å²) in [6.45, 7) is 1.10. The molecular weight excluding hydrogens is 622 g/mol. The molecule has 0 unspecified atom stereocenters. The molecule has 0 bridgehead atoms. The Morgan fingerprint density at radius 2 is 1.37 bits per heavy atom. The number of hydrogen-bond donors (Lipinski definition) is 2. The van der Waals surface area contributed by atoms with E-state index in [1.165, 1.54) is 0 Å². The van der Waals surface area contributed by atoms with E-state index in [0.29, 0.717) is 25.2 Å². The number of nitrogens with zero attached hydrogens (tertiary/aromatic N) is 1. The fourth-order valence-corrected chi connectivity index (χ4v) is 5.91. The van der Waals surface area contributed by atoms with Crippen molar-refractivity contribution in [2.45, 2.75) is 57.8 Å². The smallest absolute Gasteiger partial charge is 0.303 e. The highest BCUT2D eigenvalue weighted by Gasteiger charge is 2.16. The Morgan fingerprint density at radius 1 is 0.673 bits per heavy atom. The molecule has 5 rings (SSSR count). The SMILES string of the molecule is CN(C)c1ccc(-c2cc(OCCCCCCc3cccc(OCCCC(=O)O)c3CCC(=O)O)cc(-c3ccc4c(c3)OCO4)c2)cc1. The molecule has 0 aromatic heterocycles. The number of ether oxygens (including phenoxy) is 4. The molecule has 0 aliphatic carbocycles. The summed E-state index contributed by atoms with van der Waals surface area (Å²) in [7, 11) is 4.06. The quantitative estimate of drug-likeness (QED) is 0.0954. The van der Waals surface area contributed by atoms with Crippen molar-refractivity contribution in [1.82, 2.24) is 0 Å². The van der Waals surface area contributed by atoms with E-state index in [9.17, 15) is 14.7 Å². The molecule has 0 fully saturated rings. The van der Waals surface area contributed by atoms with Crippen LogP contribution in [0.15, 0.2) is 78.9 Å². The second kappa shape index (κ2) is 17.3. The molecular formula is C40H45NO8. The summed E-state index contributed by atoms with van der Waals surface area (Å²) in [6, 6.07) is 26.6. The summed E-state index contributed by atoms with van der Waals surface area (Å²) in [5.74, 6) is 1.23. The van der Waals surface area contributed by atoms with Crippen LogP contribution < -0.4 is 23.8 Å². The van der Waals surface area contributed by atoms with Gasteiger partial charge in [0.25, 0.3) is 0 Å². The molecule has 1 aliphatic heterocycles. The highest BCUT2D eigenvalue weighted by molar-refractivity contribution is 5.77. The third kappa shape index (κ3) is 10.2. The Balaban J connectivity index is 1.18. The first-order valence-electron chi connectivity index (χ1n) is 16.9. The van der Waals surface area contributed by atoms with E-state index in [4.69, 9.17) is 24.1 Å². The summed E-state index contributed by atoms with van der Waals surface area (Å²) in [6.07, 6.45) is 5.49. The maximum atomic E-state index is 11.3. The lowest BCUT2D eigenvalue weighted by Crippen LogP contribution is -2.07. The van der Waals surface area contributed by atoms with Gasteiger partial charge < -0.3 is 34.1 Å². The molecule has 0 saturated heterocycles. The largest absolute Gasteiger partial charge is 0.494 e. The number of carbonyl (C=O) groups is 2. The summed E-state index contributed by atoms with van der Waals surface area (Å²) in [4.78, 5) is 24.3. The number of unbranched alkanes of at least 4 members (excludes halogenated alkanes) is 3. The van der Waals surface area contributed by atoms with Crippen LogP contribution in [0.25, 0.3) is 22.3 Å². The topological polar surface area (TPSA) is 115 Å². The number of anilines is 1. The first kappa shape index (κ1) is 35.1. The molecule has 258 valence electrons. The number of aliphatic carboxylic acids is 2.